The van der Waals surface area contributed by atoms with Gasteiger partial charge < -0.3 is 14.7 Å². The minimum atomic E-state index is -1.08. The molecule has 0 bridgehead atoms. The van der Waals surface area contributed by atoms with Crippen LogP contribution in [0.1, 0.15) is 42.5 Å². The number of aromatic carboxylic acids is 1. The number of nitrogens with zero attached hydrogens (tertiary/aromatic N) is 3. The molecule has 1 aliphatic rings. The van der Waals surface area contributed by atoms with E-state index in [1.807, 2.05) is 0 Å². The molecule has 7 nitrogen and oxygen atoms in total. The molecule has 1 aromatic rings. The molecule has 1 aliphatic heterocycles. The fourth-order valence-electron chi connectivity index (χ4n) is 2.25. The summed E-state index contributed by atoms with van der Waals surface area (Å²) in [6.45, 7) is 6.12. The molecule has 1 N–H and O–H groups in total. The molecule has 7 heteroatoms. The van der Waals surface area contributed by atoms with Crippen LogP contribution in [0.5, 0.6) is 0 Å². The number of carboxylic acid groups (broad SMARTS) is 1. The number of carbonyl (C=O) groups excluding carboxylic acids is 1. The molecule has 0 atom stereocenters. The summed E-state index contributed by atoms with van der Waals surface area (Å²) in [7, 11) is 1.72. The molecule has 20 heavy (non-hydrogen) atoms. The van der Waals surface area contributed by atoms with Gasteiger partial charge >= 0.3 is 12.1 Å². The van der Waals surface area contributed by atoms with Crippen LogP contribution in [0.2, 0.25) is 0 Å². The largest absolute Gasteiger partial charge is 0.476 e. The second-order valence-corrected chi connectivity index (χ2v) is 5.85. The predicted molar refractivity (Wildman–Crippen MR) is 70.5 cm³/mol. The molecule has 110 valence electrons. The lowest BCUT2D eigenvalue weighted by molar-refractivity contribution is 0.0220. The van der Waals surface area contributed by atoms with Crippen molar-refractivity contribution in [2.45, 2.75) is 39.3 Å². The van der Waals surface area contributed by atoms with Gasteiger partial charge in [-0.1, -0.05) is 0 Å². The number of rotatable bonds is 1. The number of hydrogen-bond acceptors (Lipinski definition) is 4. The fraction of sp³-hybridized carbons (Fsp3) is 0.615. The van der Waals surface area contributed by atoms with Crippen LogP contribution < -0.4 is 0 Å². The summed E-state index contributed by atoms with van der Waals surface area (Å²) in [4.78, 5) is 24.7. The van der Waals surface area contributed by atoms with E-state index in [4.69, 9.17) is 9.84 Å². The predicted octanol–water partition coefficient (Wildman–Crippen LogP) is 1.41. The highest BCUT2D eigenvalue weighted by Gasteiger charge is 2.31. The molecule has 1 amide bonds. The van der Waals surface area contributed by atoms with Crippen LogP contribution in [0.4, 0.5) is 4.79 Å². The van der Waals surface area contributed by atoms with E-state index >= 15 is 0 Å². The Morgan fingerprint density at radius 1 is 1.35 bits per heavy atom. The summed E-state index contributed by atoms with van der Waals surface area (Å²) < 4.78 is 6.89. The average molecular weight is 281 g/mol. The molecular weight excluding hydrogens is 262 g/mol. The van der Waals surface area contributed by atoms with Gasteiger partial charge in [0.1, 0.15) is 5.60 Å². The molecule has 0 spiro atoms. The number of ether oxygens (including phenoxy) is 1. The Hall–Kier alpha value is -2.05. The molecule has 0 fully saturated rings. The molecule has 0 unspecified atom stereocenters. The van der Waals surface area contributed by atoms with Crippen molar-refractivity contribution in [2.75, 3.05) is 6.54 Å². The van der Waals surface area contributed by atoms with Crippen molar-refractivity contribution in [1.29, 1.82) is 0 Å². The van der Waals surface area contributed by atoms with Crippen molar-refractivity contribution in [3.63, 3.8) is 0 Å². The second kappa shape index (κ2) is 4.81. The van der Waals surface area contributed by atoms with Crippen LogP contribution in [-0.2, 0) is 24.8 Å². The van der Waals surface area contributed by atoms with Crippen molar-refractivity contribution in [3.8, 4) is 0 Å². The fourth-order valence-corrected chi connectivity index (χ4v) is 2.25. The highest BCUT2D eigenvalue weighted by atomic mass is 16.6. The van der Waals surface area contributed by atoms with Crippen LogP contribution >= 0.6 is 0 Å². The topological polar surface area (TPSA) is 84.7 Å². The van der Waals surface area contributed by atoms with Gasteiger partial charge in [0.05, 0.1) is 6.54 Å². The van der Waals surface area contributed by atoms with E-state index in [1.165, 1.54) is 4.90 Å². The van der Waals surface area contributed by atoms with E-state index in [1.54, 1.807) is 32.5 Å². The minimum Gasteiger partial charge on any atom is -0.476 e. The van der Waals surface area contributed by atoms with Crippen LogP contribution in [-0.4, -0.2) is 44.0 Å². The van der Waals surface area contributed by atoms with Gasteiger partial charge in [0.25, 0.3) is 0 Å². The lowest BCUT2D eigenvalue weighted by Gasteiger charge is -2.30. The lowest BCUT2D eigenvalue weighted by Crippen LogP contribution is -2.40. The molecular formula is C13H19N3O4. The van der Waals surface area contributed by atoms with Crippen molar-refractivity contribution >= 4 is 12.1 Å². The number of carbonyl (C=O) groups is 2. The number of fused-ring (bicyclic) bond motifs is 1. The van der Waals surface area contributed by atoms with Crippen molar-refractivity contribution < 1.29 is 19.4 Å². The maximum Gasteiger partial charge on any atom is 0.410 e. The smallest absolute Gasteiger partial charge is 0.410 e. The summed E-state index contributed by atoms with van der Waals surface area (Å²) in [5.74, 6) is -1.08. The monoisotopic (exact) mass is 281 g/mol. The Morgan fingerprint density at radius 2 is 2.00 bits per heavy atom. The van der Waals surface area contributed by atoms with Gasteiger partial charge in [-0.15, -0.1) is 0 Å². The highest BCUT2D eigenvalue weighted by molar-refractivity contribution is 5.87. The molecule has 0 aromatic carbocycles. The van der Waals surface area contributed by atoms with Gasteiger partial charge in [-0.2, -0.15) is 5.10 Å². The Balaban J connectivity index is 2.22. The number of aryl methyl sites for hydroxylation is 1. The van der Waals surface area contributed by atoms with E-state index in [9.17, 15) is 9.59 Å². The molecule has 0 saturated carbocycles. The minimum absolute atomic E-state index is 0.00996. The maximum absolute atomic E-state index is 12.0. The van der Waals surface area contributed by atoms with Gasteiger partial charge in [0.15, 0.2) is 5.69 Å². The lowest BCUT2D eigenvalue weighted by atomic mass is 10.1. The van der Waals surface area contributed by atoms with Gasteiger partial charge in [-0.3, -0.25) is 4.68 Å². The van der Waals surface area contributed by atoms with E-state index in [2.05, 4.69) is 5.10 Å². The second-order valence-electron chi connectivity index (χ2n) is 5.85. The quantitative estimate of drug-likeness (QED) is 0.841. The third kappa shape index (κ3) is 2.76. The van der Waals surface area contributed by atoms with E-state index in [-0.39, 0.29) is 12.2 Å². The first-order valence-electron chi connectivity index (χ1n) is 6.45. The molecule has 0 saturated heterocycles. The van der Waals surface area contributed by atoms with Crippen molar-refractivity contribution in [2.24, 2.45) is 7.05 Å². The zero-order valence-electron chi connectivity index (χ0n) is 12.1. The molecule has 0 radical (unpaired) electrons. The molecule has 0 aliphatic carbocycles. The van der Waals surface area contributed by atoms with Crippen LogP contribution in [0.25, 0.3) is 0 Å². The Morgan fingerprint density at radius 3 is 2.55 bits per heavy atom. The highest BCUT2D eigenvalue weighted by Crippen LogP contribution is 2.23. The molecule has 2 heterocycles. The van der Waals surface area contributed by atoms with Gasteiger partial charge in [0.2, 0.25) is 0 Å². The standard InChI is InChI=1S/C13H19N3O4/c1-13(2,3)20-12(19)16-6-5-9-8(7-16)10(11(17)18)14-15(9)4/h5-7H2,1-4H3,(H,17,18). The first kappa shape index (κ1) is 14.4. The van der Waals surface area contributed by atoms with Crippen molar-refractivity contribution in [3.05, 3.63) is 17.0 Å². The maximum atomic E-state index is 12.0. The zero-order chi connectivity index (χ0) is 15.1. The molecule has 2 rings (SSSR count). The Kier molecular flexibility index (Phi) is 3.45. The van der Waals surface area contributed by atoms with E-state index in [0.717, 1.165) is 5.69 Å². The third-order valence-corrected chi connectivity index (χ3v) is 3.10. The first-order valence-corrected chi connectivity index (χ1v) is 6.45. The van der Waals surface area contributed by atoms with Crippen molar-refractivity contribution in [1.82, 2.24) is 14.7 Å². The van der Waals surface area contributed by atoms with E-state index < -0.39 is 17.7 Å². The summed E-state index contributed by atoms with van der Waals surface area (Å²) in [6, 6.07) is 0. The Labute approximate surface area is 117 Å². The normalized spacial score (nSPS) is 14.9. The van der Waals surface area contributed by atoms with Gasteiger partial charge in [0, 0.05) is 31.3 Å². The average Bonchev–Trinajstić information content (AvgIpc) is 2.64. The number of carboxylic acids is 1. The van der Waals surface area contributed by atoms with Crippen LogP contribution in [0, 0.1) is 0 Å². The SMILES string of the molecule is Cn1nc(C(=O)O)c2c1CCN(C(=O)OC(C)(C)C)C2. The number of amides is 1. The van der Waals surface area contributed by atoms with Crippen LogP contribution in [0.3, 0.4) is 0 Å². The first-order chi connectivity index (χ1) is 9.19. The van der Waals surface area contributed by atoms with E-state index in [0.29, 0.717) is 18.5 Å². The Bertz CT molecular complexity index is 557. The number of hydrogen-bond donors (Lipinski definition) is 1. The van der Waals surface area contributed by atoms with Crippen LogP contribution in [0.15, 0.2) is 0 Å². The number of aromatic nitrogens is 2. The third-order valence-electron chi connectivity index (χ3n) is 3.10. The molecule has 1 aromatic heterocycles. The summed E-state index contributed by atoms with van der Waals surface area (Å²) in [5, 5.41) is 13.2. The van der Waals surface area contributed by atoms with Gasteiger partial charge in [-0.05, 0) is 20.8 Å². The summed E-state index contributed by atoms with van der Waals surface area (Å²) >= 11 is 0. The summed E-state index contributed by atoms with van der Waals surface area (Å²) in [5.41, 5.74) is 0.900. The zero-order valence-corrected chi connectivity index (χ0v) is 12.1. The summed E-state index contributed by atoms with van der Waals surface area (Å²) in [6.07, 6.45) is 0.147. The van der Waals surface area contributed by atoms with Gasteiger partial charge in [-0.25, -0.2) is 9.59 Å².